The summed E-state index contributed by atoms with van der Waals surface area (Å²) in [5.41, 5.74) is 9.25. The van der Waals surface area contributed by atoms with Crippen LogP contribution in [0.5, 0.6) is 0 Å². The average molecular weight is 587 g/mol. The van der Waals surface area contributed by atoms with E-state index in [4.69, 9.17) is 4.42 Å². The largest absolute Gasteiger partial charge is 0.455 e. The minimum Gasteiger partial charge on any atom is -0.455 e. The first-order chi connectivity index (χ1) is 22.8. The highest BCUT2D eigenvalue weighted by Gasteiger charge is 2.16. The maximum Gasteiger partial charge on any atom is 0.143 e. The van der Waals surface area contributed by atoms with Gasteiger partial charge in [0.05, 0.1) is 0 Å². The third-order valence-electron chi connectivity index (χ3n) is 9.33. The molecule has 0 unspecified atom stereocenters. The van der Waals surface area contributed by atoms with Crippen LogP contribution in [0.2, 0.25) is 0 Å². The summed E-state index contributed by atoms with van der Waals surface area (Å²) >= 11 is 0. The van der Waals surface area contributed by atoms with Crippen molar-refractivity contribution >= 4 is 60.3 Å². The standard InChI is InChI=1S/C45H30O/c1-2-14-33(15-3-1)43-39-19-7-6-17-36(39)37(40-29-28-31-13-4-5-16-34(31)44(40)43)21-10-12-30-24-26-32(27-25-30)35-20-11-22-41-38-18-8-9-23-42(38)46-45(35)41/h1-11,13-29H,12H2/b21-10+. The summed E-state index contributed by atoms with van der Waals surface area (Å²) in [6.07, 6.45) is 5.49. The molecule has 8 aromatic carbocycles. The molecule has 1 heterocycles. The van der Waals surface area contributed by atoms with Crippen molar-refractivity contribution in [2.75, 3.05) is 0 Å². The van der Waals surface area contributed by atoms with Gasteiger partial charge in [-0.2, -0.15) is 0 Å². The molecule has 0 radical (unpaired) electrons. The van der Waals surface area contributed by atoms with E-state index in [-0.39, 0.29) is 0 Å². The highest BCUT2D eigenvalue weighted by molar-refractivity contribution is 6.25. The summed E-state index contributed by atoms with van der Waals surface area (Å²) in [6, 6.07) is 56.6. The van der Waals surface area contributed by atoms with Gasteiger partial charge in [-0.3, -0.25) is 0 Å². The summed E-state index contributed by atoms with van der Waals surface area (Å²) in [4.78, 5) is 0. The lowest BCUT2D eigenvalue weighted by Crippen LogP contribution is -1.91. The monoisotopic (exact) mass is 586 g/mol. The molecule has 0 bridgehead atoms. The van der Waals surface area contributed by atoms with Gasteiger partial charge in [0, 0.05) is 16.3 Å². The first-order valence-corrected chi connectivity index (χ1v) is 15.9. The molecule has 0 amide bonds. The second-order valence-electron chi connectivity index (χ2n) is 12.0. The molecule has 0 spiro atoms. The SMILES string of the molecule is C(=C\c1c2ccccc2c(-c2ccccc2)c2c1ccc1ccccc12)/Cc1ccc(-c2cccc3c2oc2ccccc23)cc1. The fourth-order valence-electron chi connectivity index (χ4n) is 7.17. The molecule has 216 valence electrons. The van der Waals surface area contributed by atoms with Crippen molar-refractivity contribution in [3.05, 3.63) is 175 Å². The van der Waals surface area contributed by atoms with Gasteiger partial charge in [0.25, 0.3) is 0 Å². The third kappa shape index (κ3) is 4.32. The van der Waals surface area contributed by atoms with Gasteiger partial charge in [-0.15, -0.1) is 0 Å². The summed E-state index contributed by atoms with van der Waals surface area (Å²) < 4.78 is 6.30. The van der Waals surface area contributed by atoms with E-state index < -0.39 is 0 Å². The number of rotatable bonds is 5. The Morgan fingerprint density at radius 1 is 0.457 bits per heavy atom. The van der Waals surface area contributed by atoms with E-state index in [0.717, 1.165) is 39.5 Å². The lowest BCUT2D eigenvalue weighted by molar-refractivity contribution is 0.670. The Bertz CT molecular complexity index is 2580. The molecule has 0 aliphatic carbocycles. The van der Waals surface area contributed by atoms with Crippen LogP contribution in [0.15, 0.2) is 168 Å². The molecule has 0 N–H and O–H groups in total. The number of furan rings is 1. The predicted octanol–water partition coefficient (Wildman–Crippen LogP) is 12.6. The lowest BCUT2D eigenvalue weighted by Gasteiger charge is -2.17. The highest BCUT2D eigenvalue weighted by atomic mass is 16.3. The van der Waals surface area contributed by atoms with Crippen LogP contribution in [0.3, 0.4) is 0 Å². The zero-order valence-corrected chi connectivity index (χ0v) is 25.3. The Hall–Kier alpha value is -5.92. The molecule has 0 atom stereocenters. The zero-order valence-electron chi connectivity index (χ0n) is 25.3. The van der Waals surface area contributed by atoms with Crippen LogP contribution in [-0.4, -0.2) is 0 Å². The number of hydrogen-bond donors (Lipinski definition) is 0. The van der Waals surface area contributed by atoms with Crippen molar-refractivity contribution in [2.24, 2.45) is 0 Å². The molecule has 0 saturated heterocycles. The van der Waals surface area contributed by atoms with Crippen LogP contribution in [0.1, 0.15) is 11.1 Å². The van der Waals surface area contributed by atoms with Crippen LogP contribution >= 0.6 is 0 Å². The van der Waals surface area contributed by atoms with Crippen molar-refractivity contribution in [2.45, 2.75) is 6.42 Å². The molecular formula is C45H30O. The molecule has 0 saturated carbocycles. The van der Waals surface area contributed by atoms with Crippen molar-refractivity contribution in [3.8, 4) is 22.3 Å². The summed E-state index contributed by atoms with van der Waals surface area (Å²) in [6.45, 7) is 0. The van der Waals surface area contributed by atoms with Crippen molar-refractivity contribution in [1.82, 2.24) is 0 Å². The van der Waals surface area contributed by atoms with Gasteiger partial charge in [0.2, 0.25) is 0 Å². The zero-order chi connectivity index (χ0) is 30.5. The van der Waals surface area contributed by atoms with Gasteiger partial charge in [0.1, 0.15) is 11.2 Å². The van der Waals surface area contributed by atoms with E-state index in [0.29, 0.717) is 0 Å². The quantitative estimate of drug-likeness (QED) is 0.144. The van der Waals surface area contributed by atoms with Gasteiger partial charge >= 0.3 is 0 Å². The Morgan fingerprint density at radius 3 is 2.00 bits per heavy atom. The smallest absolute Gasteiger partial charge is 0.143 e. The second kappa shape index (κ2) is 10.9. The topological polar surface area (TPSA) is 13.1 Å². The molecule has 0 aliphatic heterocycles. The number of fused-ring (bicyclic) bond motifs is 7. The number of allylic oxidation sites excluding steroid dienone is 1. The first kappa shape index (κ1) is 26.5. The van der Waals surface area contributed by atoms with Crippen LogP contribution < -0.4 is 0 Å². The lowest BCUT2D eigenvalue weighted by atomic mass is 9.86. The Labute approximate surface area is 267 Å². The van der Waals surface area contributed by atoms with E-state index in [2.05, 4.69) is 158 Å². The van der Waals surface area contributed by atoms with Crippen molar-refractivity contribution in [3.63, 3.8) is 0 Å². The Balaban J connectivity index is 1.12. The fourth-order valence-corrected chi connectivity index (χ4v) is 7.17. The number of hydrogen-bond acceptors (Lipinski definition) is 1. The fraction of sp³-hybridized carbons (Fsp3) is 0.0222. The number of benzene rings is 8. The van der Waals surface area contributed by atoms with Gasteiger partial charge in [0.15, 0.2) is 0 Å². The van der Waals surface area contributed by atoms with Crippen LogP contribution in [0.25, 0.3) is 82.6 Å². The van der Waals surface area contributed by atoms with Crippen LogP contribution in [-0.2, 0) is 6.42 Å². The predicted molar refractivity (Wildman–Crippen MR) is 196 cm³/mol. The van der Waals surface area contributed by atoms with E-state index in [1.807, 2.05) is 12.1 Å². The minimum absolute atomic E-state index is 0.846. The molecule has 1 heteroatoms. The molecule has 1 nitrogen and oxygen atoms in total. The van der Waals surface area contributed by atoms with Crippen LogP contribution in [0, 0.1) is 0 Å². The van der Waals surface area contributed by atoms with Gasteiger partial charge in [-0.05, 0) is 72.6 Å². The van der Waals surface area contributed by atoms with E-state index in [1.54, 1.807) is 0 Å². The maximum atomic E-state index is 6.30. The second-order valence-corrected chi connectivity index (χ2v) is 12.0. The molecular weight excluding hydrogens is 556 g/mol. The molecule has 0 aliphatic rings. The molecule has 9 rings (SSSR count). The first-order valence-electron chi connectivity index (χ1n) is 15.9. The summed E-state index contributed by atoms with van der Waals surface area (Å²) in [5, 5.41) is 10.0. The van der Waals surface area contributed by atoms with Gasteiger partial charge in [-0.1, -0.05) is 164 Å². The summed E-state index contributed by atoms with van der Waals surface area (Å²) in [7, 11) is 0. The van der Waals surface area contributed by atoms with Crippen molar-refractivity contribution in [1.29, 1.82) is 0 Å². The minimum atomic E-state index is 0.846. The molecule has 0 fully saturated rings. The highest BCUT2D eigenvalue weighted by Crippen LogP contribution is 2.43. The summed E-state index contributed by atoms with van der Waals surface area (Å²) in [5.74, 6) is 0. The van der Waals surface area contributed by atoms with E-state index in [9.17, 15) is 0 Å². The normalized spacial score (nSPS) is 11.9. The Kier molecular flexibility index (Phi) is 6.28. The van der Waals surface area contributed by atoms with Crippen LogP contribution in [0.4, 0.5) is 0 Å². The Morgan fingerprint density at radius 2 is 1.15 bits per heavy atom. The third-order valence-corrected chi connectivity index (χ3v) is 9.33. The van der Waals surface area contributed by atoms with E-state index >= 15 is 0 Å². The number of para-hydroxylation sites is 2. The maximum absolute atomic E-state index is 6.30. The molecule has 1 aromatic heterocycles. The van der Waals surface area contributed by atoms with Crippen molar-refractivity contribution < 1.29 is 4.42 Å². The van der Waals surface area contributed by atoms with E-state index in [1.165, 1.54) is 54.6 Å². The molecule has 9 aromatic rings. The molecule has 46 heavy (non-hydrogen) atoms. The van der Waals surface area contributed by atoms with Gasteiger partial charge in [-0.25, -0.2) is 0 Å². The average Bonchev–Trinajstić information content (AvgIpc) is 3.51. The van der Waals surface area contributed by atoms with Gasteiger partial charge < -0.3 is 4.42 Å².